The topological polar surface area (TPSA) is 32.3 Å². The first-order chi connectivity index (χ1) is 5.29. The van der Waals surface area contributed by atoms with Gasteiger partial charge in [0.15, 0.2) is 0 Å². The third-order valence-electron chi connectivity index (χ3n) is 1.53. The number of amides is 1. The first-order valence-electron chi connectivity index (χ1n) is 3.59. The molecule has 64 valence electrons. The number of rotatable bonds is 3. The molecule has 1 atom stereocenters. The Balaban J connectivity index is 2.42. The predicted octanol–water partition coefficient (Wildman–Crippen LogP) is 1.35. The van der Waals surface area contributed by atoms with Gasteiger partial charge in [-0.2, -0.15) is 0 Å². The van der Waals surface area contributed by atoms with E-state index < -0.39 is 0 Å². The molecular weight excluding hydrogens is 184 g/mol. The van der Waals surface area contributed by atoms with Gasteiger partial charge in [-0.3, -0.25) is 9.10 Å². The number of halogens is 1. The molecule has 0 radical (unpaired) electrons. The Hall–Kier alpha value is 0.0700. The van der Waals surface area contributed by atoms with Crippen LogP contribution >= 0.6 is 23.7 Å². The van der Waals surface area contributed by atoms with Gasteiger partial charge in [-0.25, -0.2) is 4.72 Å². The Kier molecular flexibility index (Phi) is 3.48. The van der Waals surface area contributed by atoms with Gasteiger partial charge in [0, 0.05) is 12.1 Å². The SMILES string of the molecule is CCCC1NSN(CCl)C1=O. The fraction of sp³-hybridized carbons (Fsp3) is 0.833. The molecule has 1 aliphatic heterocycles. The molecule has 11 heavy (non-hydrogen) atoms. The van der Waals surface area contributed by atoms with Gasteiger partial charge in [-0.05, 0) is 6.42 Å². The Bertz CT molecular complexity index is 156. The predicted molar refractivity (Wildman–Crippen MR) is 47.0 cm³/mol. The molecule has 0 bridgehead atoms. The lowest BCUT2D eigenvalue weighted by atomic mass is 10.2. The molecule has 0 aliphatic carbocycles. The smallest absolute Gasteiger partial charge is 0.252 e. The number of alkyl halides is 1. The zero-order chi connectivity index (χ0) is 8.27. The minimum atomic E-state index is -0.0243. The van der Waals surface area contributed by atoms with Crippen LogP contribution in [-0.2, 0) is 4.79 Å². The van der Waals surface area contributed by atoms with Gasteiger partial charge in [0.1, 0.15) is 6.00 Å². The van der Waals surface area contributed by atoms with E-state index in [4.69, 9.17) is 11.6 Å². The second kappa shape index (κ2) is 4.18. The summed E-state index contributed by atoms with van der Waals surface area (Å²) in [6.07, 6.45) is 1.90. The molecule has 1 aliphatic rings. The van der Waals surface area contributed by atoms with Crippen LogP contribution in [0.3, 0.4) is 0 Å². The summed E-state index contributed by atoms with van der Waals surface area (Å²) in [6, 6.07) is 0.236. The molecule has 0 aromatic heterocycles. The summed E-state index contributed by atoms with van der Waals surface area (Å²) in [5.74, 6) is 0.104. The maximum atomic E-state index is 11.3. The van der Waals surface area contributed by atoms with Crippen molar-refractivity contribution in [3.05, 3.63) is 0 Å². The van der Waals surface area contributed by atoms with Crippen LogP contribution in [0.5, 0.6) is 0 Å². The van der Waals surface area contributed by atoms with Crippen LogP contribution in [0.15, 0.2) is 0 Å². The summed E-state index contributed by atoms with van der Waals surface area (Å²) in [5, 5.41) is 0. The molecule has 1 fully saturated rings. The number of nitrogens with one attached hydrogen (secondary N) is 1. The van der Waals surface area contributed by atoms with Crippen molar-refractivity contribution in [1.29, 1.82) is 0 Å². The molecule has 0 spiro atoms. The molecule has 3 nitrogen and oxygen atoms in total. The van der Waals surface area contributed by atoms with E-state index in [0.717, 1.165) is 12.8 Å². The largest absolute Gasteiger partial charge is 0.272 e. The Morgan fingerprint density at radius 2 is 2.55 bits per heavy atom. The van der Waals surface area contributed by atoms with Crippen molar-refractivity contribution in [3.8, 4) is 0 Å². The van der Waals surface area contributed by atoms with Crippen molar-refractivity contribution < 1.29 is 4.79 Å². The fourth-order valence-corrected chi connectivity index (χ4v) is 1.95. The molecule has 1 N–H and O–H groups in total. The highest BCUT2D eigenvalue weighted by molar-refractivity contribution is 7.96. The Morgan fingerprint density at radius 3 is 3.00 bits per heavy atom. The zero-order valence-electron chi connectivity index (χ0n) is 6.34. The second-order valence-electron chi connectivity index (χ2n) is 2.39. The number of carbonyl (C=O) groups is 1. The zero-order valence-corrected chi connectivity index (χ0v) is 7.91. The van der Waals surface area contributed by atoms with Crippen molar-refractivity contribution in [2.45, 2.75) is 25.8 Å². The summed E-state index contributed by atoms with van der Waals surface area (Å²) < 4.78 is 4.55. The van der Waals surface area contributed by atoms with Crippen LogP contribution < -0.4 is 4.72 Å². The van der Waals surface area contributed by atoms with Crippen LogP contribution in [0.25, 0.3) is 0 Å². The molecule has 1 amide bonds. The normalized spacial score (nSPS) is 24.7. The fourth-order valence-electron chi connectivity index (χ4n) is 0.951. The third-order valence-corrected chi connectivity index (χ3v) is 2.84. The van der Waals surface area contributed by atoms with Gasteiger partial charge in [0.25, 0.3) is 5.91 Å². The van der Waals surface area contributed by atoms with Crippen LogP contribution in [0.2, 0.25) is 0 Å². The monoisotopic (exact) mass is 194 g/mol. The summed E-state index contributed by atoms with van der Waals surface area (Å²) in [5.41, 5.74) is 0. The van der Waals surface area contributed by atoms with Gasteiger partial charge in [-0.15, -0.1) is 11.6 Å². The van der Waals surface area contributed by atoms with Gasteiger partial charge in [0.2, 0.25) is 0 Å². The summed E-state index contributed by atoms with van der Waals surface area (Å²) >= 11 is 6.81. The van der Waals surface area contributed by atoms with Crippen molar-refractivity contribution in [2.24, 2.45) is 0 Å². The molecule has 1 saturated heterocycles. The molecular formula is C6H11ClN2OS. The van der Waals surface area contributed by atoms with E-state index in [2.05, 4.69) is 11.6 Å². The molecule has 1 rings (SSSR count). The third kappa shape index (κ3) is 2.01. The van der Waals surface area contributed by atoms with Crippen molar-refractivity contribution in [3.63, 3.8) is 0 Å². The van der Waals surface area contributed by atoms with Crippen LogP contribution in [0.4, 0.5) is 0 Å². The van der Waals surface area contributed by atoms with Gasteiger partial charge in [0.05, 0.1) is 6.04 Å². The molecule has 1 unspecified atom stereocenters. The minimum Gasteiger partial charge on any atom is -0.272 e. The lowest BCUT2D eigenvalue weighted by Crippen LogP contribution is -2.29. The van der Waals surface area contributed by atoms with E-state index in [9.17, 15) is 4.79 Å². The average molecular weight is 195 g/mol. The van der Waals surface area contributed by atoms with E-state index in [1.165, 1.54) is 16.4 Å². The number of nitrogens with zero attached hydrogens (tertiary/aromatic N) is 1. The number of carbonyl (C=O) groups excluding carboxylic acids is 1. The van der Waals surface area contributed by atoms with E-state index in [1.54, 1.807) is 0 Å². The number of hydrogen-bond acceptors (Lipinski definition) is 3. The van der Waals surface area contributed by atoms with Crippen molar-refractivity contribution in [1.82, 2.24) is 9.03 Å². The maximum Gasteiger partial charge on any atom is 0.252 e. The Labute approximate surface area is 75.7 Å². The van der Waals surface area contributed by atoms with Gasteiger partial charge >= 0.3 is 0 Å². The summed E-state index contributed by atoms with van der Waals surface area (Å²) in [4.78, 5) is 11.3. The highest BCUT2D eigenvalue weighted by Gasteiger charge is 2.30. The van der Waals surface area contributed by atoms with E-state index >= 15 is 0 Å². The molecule has 5 heteroatoms. The lowest BCUT2D eigenvalue weighted by molar-refractivity contribution is -0.126. The maximum absolute atomic E-state index is 11.3. The van der Waals surface area contributed by atoms with Crippen LogP contribution in [-0.4, -0.2) is 22.3 Å². The molecule has 0 aromatic rings. The molecule has 0 aromatic carbocycles. The highest BCUT2D eigenvalue weighted by atomic mass is 35.5. The van der Waals surface area contributed by atoms with E-state index in [0.29, 0.717) is 0 Å². The number of hydrogen-bond donors (Lipinski definition) is 1. The second-order valence-corrected chi connectivity index (χ2v) is 3.48. The summed E-state index contributed by atoms with van der Waals surface area (Å²) in [6.45, 7) is 2.06. The van der Waals surface area contributed by atoms with Gasteiger partial charge < -0.3 is 0 Å². The van der Waals surface area contributed by atoms with Crippen molar-refractivity contribution >= 4 is 29.6 Å². The van der Waals surface area contributed by atoms with Crippen LogP contribution in [0, 0.1) is 0 Å². The lowest BCUT2D eigenvalue weighted by Gasteiger charge is -2.07. The standard InChI is InChI=1S/C6H11ClN2OS/c1-2-3-5-6(10)9(4-7)11-8-5/h5,8H,2-4H2,1H3. The molecule has 0 saturated carbocycles. The van der Waals surface area contributed by atoms with E-state index in [1.807, 2.05) is 0 Å². The van der Waals surface area contributed by atoms with Crippen molar-refractivity contribution in [2.75, 3.05) is 6.00 Å². The Morgan fingerprint density at radius 1 is 1.82 bits per heavy atom. The minimum absolute atomic E-state index is 0.0243. The van der Waals surface area contributed by atoms with Gasteiger partial charge in [-0.1, -0.05) is 13.3 Å². The first kappa shape index (κ1) is 9.16. The van der Waals surface area contributed by atoms with Crippen LogP contribution in [0.1, 0.15) is 19.8 Å². The molecule has 1 heterocycles. The first-order valence-corrected chi connectivity index (χ1v) is 4.90. The quantitative estimate of drug-likeness (QED) is 0.418. The summed E-state index contributed by atoms with van der Waals surface area (Å²) in [7, 11) is 0. The van der Waals surface area contributed by atoms with E-state index in [-0.39, 0.29) is 18.0 Å². The highest BCUT2D eigenvalue weighted by Crippen LogP contribution is 2.20. The average Bonchev–Trinajstić information content (AvgIpc) is 2.34.